The fourth-order valence-corrected chi connectivity index (χ4v) is 6.33. The Labute approximate surface area is 237 Å². The topological polar surface area (TPSA) is 118 Å². The summed E-state index contributed by atoms with van der Waals surface area (Å²) in [5.74, 6) is -0.201. The van der Waals surface area contributed by atoms with Crippen molar-refractivity contribution >= 4 is 15.7 Å². The number of hydrogen-bond acceptors (Lipinski definition) is 6. The molecule has 0 aliphatic heterocycles. The van der Waals surface area contributed by atoms with Gasteiger partial charge in [0.15, 0.2) is 5.94 Å². The standard InChI is InChI=1S/C31H42N2O6S/c1-5-31(6-2,29-18-16-27(33(29)7-3)30(36)32-25(21-35)12-11-19-34)24-15-17-28(23(4)20-24)39-22-40(37,38)26-13-9-8-10-14-26/h8-10,13-18,20,25,34-35H,5-7,11-12,19,21-22H2,1-4H3,(H,32,36)/t25-/m1/s1. The summed E-state index contributed by atoms with van der Waals surface area (Å²) in [5.41, 5.74) is 3.04. The first-order valence-electron chi connectivity index (χ1n) is 13.9. The van der Waals surface area contributed by atoms with E-state index in [0.29, 0.717) is 30.8 Å². The minimum Gasteiger partial charge on any atom is -0.477 e. The van der Waals surface area contributed by atoms with E-state index < -0.39 is 21.8 Å². The maximum absolute atomic E-state index is 13.2. The van der Waals surface area contributed by atoms with Crippen molar-refractivity contribution in [3.63, 3.8) is 0 Å². The molecule has 0 aliphatic rings. The Bertz CT molecular complexity index is 1360. The van der Waals surface area contributed by atoms with Crippen LogP contribution in [0.2, 0.25) is 0 Å². The Kier molecular flexibility index (Phi) is 11.0. The molecule has 8 nitrogen and oxygen atoms in total. The number of amides is 1. The van der Waals surface area contributed by atoms with E-state index in [-0.39, 0.29) is 29.4 Å². The number of aromatic nitrogens is 1. The third-order valence-electron chi connectivity index (χ3n) is 7.69. The number of aliphatic hydroxyl groups is 2. The molecule has 3 rings (SSSR count). The average molecular weight is 571 g/mol. The number of carbonyl (C=O) groups excluding carboxylic acids is 1. The van der Waals surface area contributed by atoms with Gasteiger partial charge >= 0.3 is 0 Å². The molecule has 1 heterocycles. The largest absolute Gasteiger partial charge is 0.477 e. The lowest BCUT2D eigenvalue weighted by molar-refractivity contribution is 0.0899. The maximum Gasteiger partial charge on any atom is 0.268 e. The van der Waals surface area contributed by atoms with Crippen LogP contribution in [0, 0.1) is 6.92 Å². The van der Waals surface area contributed by atoms with E-state index in [0.717, 1.165) is 29.7 Å². The van der Waals surface area contributed by atoms with Gasteiger partial charge in [-0.1, -0.05) is 44.2 Å². The number of rotatable bonds is 15. The monoisotopic (exact) mass is 570 g/mol. The highest BCUT2D eigenvalue weighted by molar-refractivity contribution is 7.91. The second kappa shape index (κ2) is 14.0. The number of hydrogen-bond donors (Lipinski definition) is 3. The van der Waals surface area contributed by atoms with Gasteiger partial charge in [0.2, 0.25) is 9.84 Å². The van der Waals surface area contributed by atoms with E-state index in [2.05, 4.69) is 19.2 Å². The van der Waals surface area contributed by atoms with Crippen LogP contribution in [0.5, 0.6) is 5.75 Å². The fourth-order valence-electron chi connectivity index (χ4n) is 5.34. The van der Waals surface area contributed by atoms with E-state index in [1.807, 2.05) is 48.7 Å². The van der Waals surface area contributed by atoms with E-state index >= 15 is 0 Å². The summed E-state index contributed by atoms with van der Waals surface area (Å²) in [6.07, 6.45) is 2.56. The second-order valence-electron chi connectivity index (χ2n) is 10.0. The molecule has 0 spiro atoms. The minimum absolute atomic E-state index is 0.00343. The molecular weight excluding hydrogens is 528 g/mol. The average Bonchev–Trinajstić information content (AvgIpc) is 3.41. The van der Waals surface area contributed by atoms with Gasteiger partial charge in [0, 0.05) is 24.3 Å². The van der Waals surface area contributed by atoms with Crippen LogP contribution in [0.3, 0.4) is 0 Å². The number of benzene rings is 2. The molecule has 0 radical (unpaired) electrons. The molecule has 1 aromatic heterocycles. The van der Waals surface area contributed by atoms with Crippen LogP contribution in [-0.4, -0.2) is 54.3 Å². The summed E-state index contributed by atoms with van der Waals surface area (Å²) in [7, 11) is -3.59. The van der Waals surface area contributed by atoms with Gasteiger partial charge in [-0.15, -0.1) is 0 Å². The predicted octanol–water partition coefficient (Wildman–Crippen LogP) is 4.60. The smallest absolute Gasteiger partial charge is 0.268 e. The van der Waals surface area contributed by atoms with Gasteiger partial charge in [0.1, 0.15) is 11.4 Å². The Morgan fingerprint density at radius 2 is 1.73 bits per heavy atom. The predicted molar refractivity (Wildman–Crippen MR) is 156 cm³/mol. The molecule has 2 aromatic carbocycles. The number of aryl methyl sites for hydroxylation is 1. The normalized spacial score (nSPS) is 12.8. The lowest BCUT2D eigenvalue weighted by atomic mass is 9.72. The highest BCUT2D eigenvalue weighted by Crippen LogP contribution is 2.41. The van der Waals surface area contributed by atoms with Crippen LogP contribution in [-0.2, 0) is 21.8 Å². The lowest BCUT2D eigenvalue weighted by Crippen LogP contribution is -2.39. The number of aliphatic hydroxyl groups excluding tert-OH is 2. The maximum atomic E-state index is 13.2. The molecule has 218 valence electrons. The Morgan fingerprint density at radius 1 is 1.02 bits per heavy atom. The Morgan fingerprint density at radius 3 is 2.30 bits per heavy atom. The molecule has 0 unspecified atom stereocenters. The van der Waals surface area contributed by atoms with Crippen molar-refractivity contribution < 1.29 is 28.2 Å². The zero-order chi connectivity index (χ0) is 29.3. The molecule has 40 heavy (non-hydrogen) atoms. The van der Waals surface area contributed by atoms with E-state index in [1.165, 1.54) is 0 Å². The quantitative estimate of drug-likeness (QED) is 0.246. The number of ether oxygens (including phenoxy) is 1. The van der Waals surface area contributed by atoms with Crippen molar-refractivity contribution in [2.24, 2.45) is 0 Å². The molecule has 9 heteroatoms. The van der Waals surface area contributed by atoms with Gasteiger partial charge in [0.05, 0.1) is 17.5 Å². The summed E-state index contributed by atoms with van der Waals surface area (Å²) >= 11 is 0. The number of carbonyl (C=O) groups is 1. The molecule has 0 fully saturated rings. The SMILES string of the molecule is CCn1c(C(=O)N[C@@H](CO)CCCO)ccc1C(CC)(CC)c1ccc(OCS(=O)(=O)c2ccccc2)c(C)c1. The van der Waals surface area contributed by atoms with Crippen molar-refractivity contribution in [2.75, 3.05) is 19.2 Å². The third kappa shape index (κ3) is 6.77. The van der Waals surface area contributed by atoms with Crippen molar-refractivity contribution in [2.45, 2.75) is 76.3 Å². The van der Waals surface area contributed by atoms with Crippen LogP contribution in [0.25, 0.3) is 0 Å². The van der Waals surface area contributed by atoms with Gasteiger partial charge in [-0.05, 0) is 81.0 Å². The first-order chi connectivity index (χ1) is 19.2. The van der Waals surface area contributed by atoms with Crippen molar-refractivity contribution in [1.82, 2.24) is 9.88 Å². The zero-order valence-electron chi connectivity index (χ0n) is 23.9. The zero-order valence-corrected chi connectivity index (χ0v) is 24.7. The fraction of sp³-hybridized carbons (Fsp3) is 0.452. The summed E-state index contributed by atoms with van der Waals surface area (Å²) in [5, 5.41) is 21.7. The Balaban J connectivity index is 1.90. The van der Waals surface area contributed by atoms with Gasteiger partial charge in [-0.3, -0.25) is 4.79 Å². The highest BCUT2D eigenvalue weighted by Gasteiger charge is 2.35. The van der Waals surface area contributed by atoms with E-state index in [1.54, 1.807) is 30.3 Å². The van der Waals surface area contributed by atoms with Crippen LogP contribution < -0.4 is 10.1 Å². The van der Waals surface area contributed by atoms with Crippen LogP contribution >= 0.6 is 0 Å². The lowest BCUT2D eigenvalue weighted by Gasteiger charge is -2.34. The molecule has 0 bridgehead atoms. The number of sulfone groups is 1. The van der Waals surface area contributed by atoms with Crippen molar-refractivity contribution in [3.05, 3.63) is 83.2 Å². The molecule has 0 saturated carbocycles. The second-order valence-corrected chi connectivity index (χ2v) is 12.0. The summed E-state index contributed by atoms with van der Waals surface area (Å²) in [4.78, 5) is 13.4. The van der Waals surface area contributed by atoms with Crippen LogP contribution in [0.1, 0.15) is 73.8 Å². The number of nitrogens with zero attached hydrogens (tertiary/aromatic N) is 1. The Hall–Kier alpha value is -3.14. The van der Waals surface area contributed by atoms with E-state index in [4.69, 9.17) is 9.84 Å². The molecule has 1 amide bonds. The first kappa shape index (κ1) is 31.4. The first-order valence-corrected chi connectivity index (χ1v) is 15.6. The molecule has 3 aromatic rings. The molecule has 3 N–H and O–H groups in total. The highest BCUT2D eigenvalue weighted by atomic mass is 32.2. The van der Waals surface area contributed by atoms with Crippen molar-refractivity contribution in [3.8, 4) is 5.75 Å². The van der Waals surface area contributed by atoms with Crippen LogP contribution in [0.4, 0.5) is 0 Å². The molecular formula is C31H42N2O6S. The van der Waals surface area contributed by atoms with Crippen molar-refractivity contribution in [1.29, 1.82) is 0 Å². The van der Waals surface area contributed by atoms with Gasteiger partial charge < -0.3 is 24.8 Å². The summed E-state index contributed by atoms with van der Waals surface area (Å²) in [6.45, 7) is 8.55. The van der Waals surface area contributed by atoms with E-state index in [9.17, 15) is 18.3 Å². The molecule has 1 atom stereocenters. The molecule has 0 saturated heterocycles. The third-order valence-corrected chi connectivity index (χ3v) is 9.11. The van der Waals surface area contributed by atoms with Gasteiger partial charge in [-0.2, -0.15) is 0 Å². The molecule has 0 aliphatic carbocycles. The van der Waals surface area contributed by atoms with Crippen LogP contribution in [0.15, 0.2) is 65.6 Å². The number of nitrogens with one attached hydrogen (secondary N) is 1. The van der Waals surface area contributed by atoms with Gasteiger partial charge in [-0.25, -0.2) is 8.42 Å². The summed E-state index contributed by atoms with van der Waals surface area (Å²) in [6, 6.07) is 17.5. The summed E-state index contributed by atoms with van der Waals surface area (Å²) < 4.78 is 33.2. The van der Waals surface area contributed by atoms with Gasteiger partial charge in [0.25, 0.3) is 5.91 Å². The minimum atomic E-state index is -3.59.